The monoisotopic (exact) mass is 216 g/mol. The van der Waals surface area contributed by atoms with Gasteiger partial charge in [0.15, 0.2) is 0 Å². The average molecular weight is 216 g/mol. The second-order valence-electron chi connectivity index (χ2n) is 4.09. The molecule has 0 saturated heterocycles. The topological polar surface area (TPSA) is 54.0 Å². The van der Waals surface area contributed by atoms with Gasteiger partial charge in [-0.15, -0.1) is 0 Å². The molecule has 0 unspecified atom stereocenters. The largest absolute Gasteiger partial charge is 0.323 e. The third-order valence-electron chi connectivity index (χ3n) is 2.93. The molecule has 0 aromatic heterocycles. The van der Waals surface area contributed by atoms with Crippen LogP contribution in [0, 0.1) is 13.8 Å². The number of aryl methyl sites for hydroxylation is 2. The fourth-order valence-corrected chi connectivity index (χ4v) is 1.70. The molecule has 4 heteroatoms. The number of rotatable bonds is 1. The van der Waals surface area contributed by atoms with Crippen LogP contribution < -0.4 is 10.9 Å². The van der Waals surface area contributed by atoms with E-state index >= 15 is 0 Å². The summed E-state index contributed by atoms with van der Waals surface area (Å²) in [7, 11) is 0. The Kier molecular flexibility index (Phi) is 2.64. The van der Waals surface area contributed by atoms with Crippen LogP contribution in [0.3, 0.4) is 0 Å². The van der Waals surface area contributed by atoms with E-state index in [1.807, 2.05) is 11.9 Å². The lowest BCUT2D eigenvalue weighted by atomic mass is 10.1. The van der Waals surface area contributed by atoms with E-state index in [0.717, 1.165) is 17.1 Å². The van der Waals surface area contributed by atoms with Gasteiger partial charge in [-0.3, -0.25) is 5.01 Å². The molecular weight excluding hydrogens is 200 g/mol. The zero-order valence-corrected chi connectivity index (χ0v) is 9.86. The Labute approximate surface area is 95.4 Å². The number of nitrogens with two attached hydrogens (primary N) is 1. The Balaban J connectivity index is 2.31. The van der Waals surface area contributed by atoms with Gasteiger partial charge in [-0.1, -0.05) is 6.07 Å². The summed E-state index contributed by atoms with van der Waals surface area (Å²) in [5.41, 5.74) is 5.37. The first-order valence-electron chi connectivity index (χ1n) is 5.29. The van der Waals surface area contributed by atoms with Gasteiger partial charge in [-0.25, -0.2) is 0 Å². The molecule has 0 atom stereocenters. The summed E-state index contributed by atoms with van der Waals surface area (Å²) in [4.78, 5) is 0. The molecule has 1 heterocycles. The average Bonchev–Trinajstić information content (AvgIpc) is 2.64. The molecule has 0 aliphatic carbocycles. The van der Waals surface area contributed by atoms with E-state index in [4.69, 9.17) is 5.84 Å². The van der Waals surface area contributed by atoms with E-state index in [2.05, 4.69) is 42.2 Å². The van der Waals surface area contributed by atoms with Crippen molar-refractivity contribution in [3.63, 3.8) is 0 Å². The van der Waals surface area contributed by atoms with Crippen molar-refractivity contribution in [3.8, 4) is 0 Å². The van der Waals surface area contributed by atoms with Crippen molar-refractivity contribution in [2.45, 2.75) is 20.8 Å². The van der Waals surface area contributed by atoms with Gasteiger partial charge in [-0.2, -0.15) is 10.2 Å². The van der Waals surface area contributed by atoms with E-state index in [9.17, 15) is 0 Å². The Morgan fingerprint density at radius 1 is 1.25 bits per heavy atom. The fourth-order valence-electron chi connectivity index (χ4n) is 1.70. The van der Waals surface area contributed by atoms with Gasteiger partial charge in [-0.05, 0) is 44.0 Å². The minimum atomic E-state index is 0.658. The molecule has 0 amide bonds. The number of hydrazone groups is 2. The van der Waals surface area contributed by atoms with Crippen LogP contribution in [0.2, 0.25) is 0 Å². The highest BCUT2D eigenvalue weighted by Gasteiger charge is 2.19. The predicted molar refractivity (Wildman–Crippen MR) is 68.0 cm³/mol. The van der Waals surface area contributed by atoms with Gasteiger partial charge >= 0.3 is 0 Å². The molecule has 1 aliphatic heterocycles. The molecule has 1 aromatic carbocycles. The maximum Gasteiger partial charge on any atom is 0.104 e. The van der Waals surface area contributed by atoms with Gasteiger partial charge in [0, 0.05) is 0 Å². The van der Waals surface area contributed by atoms with E-state index in [1.165, 1.54) is 11.1 Å². The predicted octanol–water partition coefficient (Wildman–Crippen LogP) is 1.81. The van der Waals surface area contributed by atoms with Crippen LogP contribution >= 0.6 is 0 Å². The van der Waals surface area contributed by atoms with Crippen molar-refractivity contribution >= 4 is 17.1 Å². The summed E-state index contributed by atoms with van der Waals surface area (Å²) in [5, 5.41) is 10.1. The zero-order valence-electron chi connectivity index (χ0n) is 9.86. The number of nitrogens with zero attached hydrogens (tertiary/aromatic N) is 3. The lowest BCUT2D eigenvalue weighted by molar-refractivity contribution is 0.988. The van der Waals surface area contributed by atoms with Crippen LogP contribution in [-0.4, -0.2) is 18.0 Å². The number of benzene rings is 1. The second-order valence-corrected chi connectivity index (χ2v) is 4.09. The maximum absolute atomic E-state index is 5.30. The van der Waals surface area contributed by atoms with Crippen LogP contribution in [0.15, 0.2) is 28.4 Å². The van der Waals surface area contributed by atoms with Gasteiger partial charge in [0.2, 0.25) is 0 Å². The fraction of sp³-hybridized carbons (Fsp3) is 0.333. The lowest BCUT2D eigenvalue weighted by Gasteiger charge is -2.14. The number of hydrogen-bond donors (Lipinski definition) is 1. The Morgan fingerprint density at radius 3 is 2.56 bits per heavy atom. The SMILES string of the molecule is CC1=NN(c2ccc(C)c(C)c2)C/C1=N\N. The maximum atomic E-state index is 5.30. The minimum absolute atomic E-state index is 0.658. The van der Waals surface area contributed by atoms with Crippen LogP contribution in [0.4, 0.5) is 5.69 Å². The molecule has 1 aromatic rings. The molecule has 0 radical (unpaired) electrons. The van der Waals surface area contributed by atoms with E-state index in [0.29, 0.717) is 6.54 Å². The first-order valence-corrected chi connectivity index (χ1v) is 5.29. The van der Waals surface area contributed by atoms with Gasteiger partial charge in [0.1, 0.15) is 5.71 Å². The Morgan fingerprint density at radius 2 is 2.00 bits per heavy atom. The molecule has 0 saturated carbocycles. The summed E-state index contributed by atoms with van der Waals surface area (Å²) >= 11 is 0. The molecule has 0 bridgehead atoms. The standard InChI is InChI=1S/C12H16N4/c1-8-4-5-11(6-9(8)2)16-7-12(14-13)10(3)15-16/h4-6H,7,13H2,1-3H3/b14-12+. The van der Waals surface area contributed by atoms with Crippen LogP contribution in [-0.2, 0) is 0 Å². The normalized spacial score (nSPS) is 18.1. The molecule has 4 nitrogen and oxygen atoms in total. The molecule has 0 spiro atoms. The van der Waals surface area contributed by atoms with Crippen LogP contribution in [0.25, 0.3) is 0 Å². The highest BCUT2D eigenvalue weighted by molar-refractivity contribution is 6.44. The molecule has 2 rings (SSSR count). The lowest BCUT2D eigenvalue weighted by Crippen LogP contribution is -2.19. The van der Waals surface area contributed by atoms with E-state index in [1.54, 1.807) is 0 Å². The summed E-state index contributed by atoms with van der Waals surface area (Å²) in [6, 6.07) is 6.30. The molecule has 1 aliphatic rings. The summed E-state index contributed by atoms with van der Waals surface area (Å²) in [6.45, 7) is 6.78. The molecule has 2 N–H and O–H groups in total. The molecule has 16 heavy (non-hydrogen) atoms. The summed E-state index contributed by atoms with van der Waals surface area (Å²) < 4.78 is 0. The second kappa shape index (κ2) is 3.96. The van der Waals surface area contributed by atoms with Gasteiger partial charge < -0.3 is 5.84 Å². The molecule has 0 fully saturated rings. The van der Waals surface area contributed by atoms with Crippen molar-refractivity contribution in [1.82, 2.24) is 0 Å². The quantitative estimate of drug-likeness (QED) is 0.575. The number of hydrogen-bond acceptors (Lipinski definition) is 4. The number of anilines is 1. The Bertz CT molecular complexity index is 474. The van der Waals surface area contributed by atoms with Crippen molar-refractivity contribution in [2.75, 3.05) is 11.6 Å². The van der Waals surface area contributed by atoms with E-state index < -0.39 is 0 Å². The van der Waals surface area contributed by atoms with Crippen molar-refractivity contribution in [2.24, 2.45) is 16.0 Å². The van der Waals surface area contributed by atoms with Crippen molar-refractivity contribution < 1.29 is 0 Å². The van der Waals surface area contributed by atoms with Crippen LogP contribution in [0.1, 0.15) is 18.1 Å². The third kappa shape index (κ3) is 1.78. The minimum Gasteiger partial charge on any atom is -0.323 e. The smallest absolute Gasteiger partial charge is 0.104 e. The molecule has 84 valence electrons. The summed E-state index contributed by atoms with van der Waals surface area (Å²) in [5.74, 6) is 5.30. The molecular formula is C12H16N4. The Hall–Kier alpha value is -1.84. The third-order valence-corrected chi connectivity index (χ3v) is 2.93. The van der Waals surface area contributed by atoms with Gasteiger partial charge in [0.25, 0.3) is 0 Å². The summed E-state index contributed by atoms with van der Waals surface area (Å²) in [6.07, 6.45) is 0. The van der Waals surface area contributed by atoms with Gasteiger partial charge in [0.05, 0.1) is 17.9 Å². The zero-order chi connectivity index (χ0) is 11.7. The van der Waals surface area contributed by atoms with Crippen molar-refractivity contribution in [1.29, 1.82) is 0 Å². The first-order chi connectivity index (χ1) is 7.61. The van der Waals surface area contributed by atoms with Crippen LogP contribution in [0.5, 0.6) is 0 Å². The first kappa shape index (κ1) is 10.7. The highest BCUT2D eigenvalue weighted by Crippen LogP contribution is 2.21. The van der Waals surface area contributed by atoms with Crippen molar-refractivity contribution in [3.05, 3.63) is 29.3 Å². The highest BCUT2D eigenvalue weighted by atomic mass is 15.5. The van der Waals surface area contributed by atoms with E-state index in [-0.39, 0.29) is 0 Å².